The van der Waals surface area contributed by atoms with Gasteiger partial charge in [-0.25, -0.2) is 4.79 Å². The molecule has 1 spiro atoms. The molecule has 1 aliphatic heterocycles. The third-order valence-electron chi connectivity index (χ3n) is 6.24. The van der Waals surface area contributed by atoms with Gasteiger partial charge in [-0.15, -0.1) is 0 Å². The summed E-state index contributed by atoms with van der Waals surface area (Å²) >= 11 is 6.28. The number of hydrogen-bond donors (Lipinski definition) is 2. The first-order valence-corrected chi connectivity index (χ1v) is 9.72. The van der Waals surface area contributed by atoms with E-state index in [2.05, 4.69) is 4.98 Å². The summed E-state index contributed by atoms with van der Waals surface area (Å²) in [6.45, 7) is 4.14. The Morgan fingerprint density at radius 1 is 1.31 bits per heavy atom. The second-order valence-electron chi connectivity index (χ2n) is 7.74. The van der Waals surface area contributed by atoms with Gasteiger partial charge in [0.05, 0.1) is 10.5 Å². The Hall–Kier alpha value is -1.72. The maximum atomic E-state index is 12.5. The number of amides is 1. The SMILES string of the molecule is Cc1[nH]c2c(Cl)cccc2c1CCN1C(=O)OC2(CCCCC2)[C@@]1(C)O. The van der Waals surface area contributed by atoms with Crippen LogP contribution in [-0.2, 0) is 11.2 Å². The summed E-state index contributed by atoms with van der Waals surface area (Å²) in [6.07, 6.45) is 4.77. The van der Waals surface area contributed by atoms with Crippen LogP contribution in [0.3, 0.4) is 0 Å². The van der Waals surface area contributed by atoms with E-state index in [1.54, 1.807) is 6.92 Å². The Labute approximate surface area is 158 Å². The van der Waals surface area contributed by atoms with Crippen LogP contribution in [0.25, 0.3) is 10.9 Å². The summed E-state index contributed by atoms with van der Waals surface area (Å²) in [6, 6.07) is 5.82. The van der Waals surface area contributed by atoms with E-state index in [0.717, 1.165) is 54.3 Å². The predicted octanol–water partition coefficient (Wildman–Crippen LogP) is 4.54. The van der Waals surface area contributed by atoms with Gasteiger partial charge in [0.1, 0.15) is 0 Å². The number of aryl methyl sites for hydroxylation is 1. The number of aromatic nitrogens is 1. The van der Waals surface area contributed by atoms with Crippen molar-refractivity contribution in [2.24, 2.45) is 0 Å². The van der Waals surface area contributed by atoms with Crippen LogP contribution in [0, 0.1) is 6.92 Å². The van der Waals surface area contributed by atoms with Crippen LogP contribution < -0.4 is 0 Å². The monoisotopic (exact) mass is 376 g/mol. The molecule has 140 valence electrons. The molecule has 1 aromatic heterocycles. The molecular weight excluding hydrogens is 352 g/mol. The molecule has 0 radical (unpaired) electrons. The molecule has 1 aromatic carbocycles. The van der Waals surface area contributed by atoms with Crippen molar-refractivity contribution in [3.8, 4) is 0 Å². The summed E-state index contributed by atoms with van der Waals surface area (Å²) in [5.41, 5.74) is 1.04. The Kier molecular flexibility index (Phi) is 4.20. The topological polar surface area (TPSA) is 65.6 Å². The highest BCUT2D eigenvalue weighted by Gasteiger charge is 2.61. The molecule has 4 rings (SSSR count). The van der Waals surface area contributed by atoms with Crippen LogP contribution in [0.2, 0.25) is 5.02 Å². The number of para-hydroxylation sites is 1. The molecule has 1 amide bonds. The van der Waals surface area contributed by atoms with E-state index in [4.69, 9.17) is 16.3 Å². The van der Waals surface area contributed by atoms with E-state index in [9.17, 15) is 9.90 Å². The summed E-state index contributed by atoms with van der Waals surface area (Å²) in [5.74, 6) is 0. The molecule has 1 atom stereocenters. The van der Waals surface area contributed by atoms with Crippen molar-refractivity contribution in [3.63, 3.8) is 0 Å². The van der Waals surface area contributed by atoms with E-state index < -0.39 is 17.4 Å². The summed E-state index contributed by atoms with van der Waals surface area (Å²) < 4.78 is 5.73. The Balaban J connectivity index is 1.59. The minimum absolute atomic E-state index is 0.410. The van der Waals surface area contributed by atoms with E-state index in [0.29, 0.717) is 18.0 Å². The zero-order valence-corrected chi connectivity index (χ0v) is 16.0. The van der Waals surface area contributed by atoms with Crippen LogP contribution in [0.4, 0.5) is 4.79 Å². The zero-order valence-electron chi connectivity index (χ0n) is 15.3. The molecule has 0 unspecified atom stereocenters. The number of nitrogens with zero attached hydrogens (tertiary/aromatic N) is 1. The number of carbonyl (C=O) groups excluding carboxylic acids is 1. The Bertz CT molecular complexity index is 852. The molecule has 2 aromatic rings. The molecule has 2 aliphatic rings. The van der Waals surface area contributed by atoms with Crippen LogP contribution in [0.1, 0.15) is 50.3 Å². The predicted molar refractivity (Wildman–Crippen MR) is 101 cm³/mol. The maximum Gasteiger partial charge on any atom is 0.412 e. The first-order valence-electron chi connectivity index (χ1n) is 9.34. The van der Waals surface area contributed by atoms with Gasteiger partial charge in [-0.2, -0.15) is 0 Å². The van der Waals surface area contributed by atoms with E-state index in [1.807, 2.05) is 25.1 Å². The number of ether oxygens (including phenoxy) is 1. The van der Waals surface area contributed by atoms with Gasteiger partial charge in [0.15, 0.2) is 11.3 Å². The van der Waals surface area contributed by atoms with Gasteiger partial charge >= 0.3 is 6.09 Å². The molecule has 26 heavy (non-hydrogen) atoms. The number of benzene rings is 1. The lowest BCUT2D eigenvalue weighted by Gasteiger charge is -2.42. The Morgan fingerprint density at radius 3 is 2.77 bits per heavy atom. The number of nitrogens with one attached hydrogen (secondary N) is 1. The summed E-state index contributed by atoms with van der Waals surface area (Å²) in [4.78, 5) is 17.4. The standard InChI is InChI=1S/C20H25ClN2O3/c1-13-14(15-7-6-8-16(21)17(15)22-13)9-12-23-18(24)26-20(19(23,2)25)10-4-3-5-11-20/h6-8,22,25H,3-5,9-12H2,1-2H3/t19-/m1/s1. The fourth-order valence-electron chi connectivity index (χ4n) is 4.66. The van der Waals surface area contributed by atoms with Gasteiger partial charge in [-0.1, -0.05) is 30.2 Å². The fourth-order valence-corrected chi connectivity index (χ4v) is 4.89. The third-order valence-corrected chi connectivity index (χ3v) is 6.56. The number of H-pyrrole nitrogens is 1. The van der Waals surface area contributed by atoms with Crippen molar-refractivity contribution in [2.45, 2.75) is 63.7 Å². The molecule has 1 aliphatic carbocycles. The number of carbonyl (C=O) groups is 1. The van der Waals surface area contributed by atoms with E-state index >= 15 is 0 Å². The minimum atomic E-state index is -1.28. The van der Waals surface area contributed by atoms with Crippen molar-refractivity contribution in [1.82, 2.24) is 9.88 Å². The molecular formula is C20H25ClN2O3. The lowest BCUT2D eigenvalue weighted by atomic mass is 9.77. The largest absolute Gasteiger partial charge is 0.438 e. The van der Waals surface area contributed by atoms with Crippen molar-refractivity contribution in [1.29, 1.82) is 0 Å². The maximum absolute atomic E-state index is 12.5. The van der Waals surface area contributed by atoms with Crippen LogP contribution in [0.5, 0.6) is 0 Å². The van der Waals surface area contributed by atoms with Crippen LogP contribution in [-0.4, -0.2) is 39.0 Å². The first-order chi connectivity index (χ1) is 12.4. The highest BCUT2D eigenvalue weighted by molar-refractivity contribution is 6.35. The van der Waals surface area contributed by atoms with Crippen molar-refractivity contribution in [3.05, 3.63) is 34.5 Å². The lowest BCUT2D eigenvalue weighted by Crippen LogP contribution is -2.57. The number of aromatic amines is 1. The second-order valence-corrected chi connectivity index (χ2v) is 8.14. The van der Waals surface area contributed by atoms with E-state index in [1.165, 1.54) is 4.90 Å². The lowest BCUT2D eigenvalue weighted by molar-refractivity contribution is -0.158. The molecule has 0 bridgehead atoms. The average Bonchev–Trinajstić information content (AvgIpc) is 3.00. The average molecular weight is 377 g/mol. The molecule has 6 heteroatoms. The molecule has 1 saturated carbocycles. The van der Waals surface area contributed by atoms with E-state index in [-0.39, 0.29) is 0 Å². The molecule has 2 heterocycles. The van der Waals surface area contributed by atoms with Crippen molar-refractivity contribution < 1.29 is 14.6 Å². The fraction of sp³-hybridized carbons (Fsp3) is 0.550. The van der Waals surface area contributed by atoms with Gasteiger partial charge < -0.3 is 14.8 Å². The number of halogens is 1. The molecule has 5 nitrogen and oxygen atoms in total. The summed E-state index contributed by atoms with van der Waals surface area (Å²) in [7, 11) is 0. The number of fused-ring (bicyclic) bond motifs is 1. The first kappa shape index (κ1) is 17.7. The van der Waals surface area contributed by atoms with Gasteiger partial charge in [0, 0.05) is 17.6 Å². The van der Waals surface area contributed by atoms with Crippen LogP contribution >= 0.6 is 11.6 Å². The third kappa shape index (κ3) is 2.52. The van der Waals surface area contributed by atoms with Crippen LogP contribution in [0.15, 0.2) is 18.2 Å². The highest BCUT2D eigenvalue weighted by Crippen LogP contribution is 2.47. The highest BCUT2D eigenvalue weighted by atomic mass is 35.5. The van der Waals surface area contributed by atoms with Gasteiger partial charge in [0.2, 0.25) is 0 Å². The molecule has 1 saturated heterocycles. The normalized spacial score (nSPS) is 25.2. The van der Waals surface area contributed by atoms with Crippen molar-refractivity contribution >= 4 is 28.6 Å². The van der Waals surface area contributed by atoms with Gasteiger partial charge in [0.25, 0.3) is 0 Å². The molecule has 2 fully saturated rings. The van der Waals surface area contributed by atoms with Gasteiger partial charge in [-0.3, -0.25) is 4.90 Å². The second kappa shape index (κ2) is 6.17. The number of rotatable bonds is 3. The summed E-state index contributed by atoms with van der Waals surface area (Å²) in [5, 5.41) is 13.0. The zero-order chi connectivity index (χ0) is 18.5. The minimum Gasteiger partial charge on any atom is -0.438 e. The van der Waals surface area contributed by atoms with Crippen molar-refractivity contribution in [2.75, 3.05) is 6.54 Å². The smallest absolute Gasteiger partial charge is 0.412 e. The number of hydrogen-bond acceptors (Lipinski definition) is 3. The molecule has 2 N–H and O–H groups in total. The van der Waals surface area contributed by atoms with Gasteiger partial charge in [-0.05, 0) is 57.6 Å². The quantitative estimate of drug-likeness (QED) is 0.826. The number of aliphatic hydroxyl groups is 1. The Morgan fingerprint density at radius 2 is 2.04 bits per heavy atom.